The minimum absolute atomic E-state index is 0.184. The van der Waals surface area contributed by atoms with E-state index < -0.39 is 10.0 Å². The number of thiophene rings is 1. The van der Waals surface area contributed by atoms with Gasteiger partial charge in [0, 0.05) is 11.1 Å². The summed E-state index contributed by atoms with van der Waals surface area (Å²) in [6.07, 6.45) is 0. The van der Waals surface area contributed by atoms with Crippen molar-refractivity contribution in [1.29, 1.82) is 0 Å². The van der Waals surface area contributed by atoms with Crippen molar-refractivity contribution in [3.05, 3.63) is 23.2 Å². The first-order chi connectivity index (χ1) is 7.45. The largest absolute Gasteiger partial charge is 0.247 e. The van der Waals surface area contributed by atoms with Crippen LogP contribution in [0.15, 0.2) is 30.3 Å². The van der Waals surface area contributed by atoms with Crippen LogP contribution in [0.5, 0.6) is 0 Å². The average Bonchev–Trinajstić information content (AvgIpc) is 2.74. The first-order valence-corrected chi connectivity index (χ1v) is 8.24. The normalized spacial score (nSPS) is 11.9. The Morgan fingerprint density at radius 2 is 2.19 bits per heavy atom. The molecule has 0 aliphatic heterocycles. The number of sulfonamides is 1. The predicted molar refractivity (Wildman–Crippen MR) is 66.7 cm³/mol. The van der Waals surface area contributed by atoms with Crippen LogP contribution in [0.1, 0.15) is 5.69 Å². The summed E-state index contributed by atoms with van der Waals surface area (Å²) in [4.78, 5) is 4.28. The summed E-state index contributed by atoms with van der Waals surface area (Å²) in [5.41, 5.74) is 0.968. The molecule has 2 N–H and O–H groups in total. The van der Waals surface area contributed by atoms with Crippen LogP contribution in [0.2, 0.25) is 0 Å². The highest BCUT2D eigenvalue weighted by Crippen LogP contribution is 2.36. The maximum atomic E-state index is 11.1. The number of aryl methyl sites for hydroxylation is 1. The molecule has 0 saturated heterocycles. The molecule has 2 rings (SSSR count). The van der Waals surface area contributed by atoms with Crippen LogP contribution in [-0.4, -0.2) is 13.4 Å². The molecule has 0 amide bonds. The predicted octanol–water partition coefficient (Wildman–Crippen LogP) is 2.31. The van der Waals surface area contributed by atoms with Gasteiger partial charge in [-0.3, -0.25) is 0 Å². The van der Waals surface area contributed by atoms with Gasteiger partial charge in [-0.2, -0.15) is 0 Å². The van der Waals surface area contributed by atoms with Gasteiger partial charge >= 0.3 is 0 Å². The van der Waals surface area contributed by atoms with Gasteiger partial charge in [-0.25, -0.2) is 18.5 Å². The first-order valence-electron chi connectivity index (χ1n) is 4.18. The molecule has 4 nitrogen and oxygen atoms in total. The van der Waals surface area contributed by atoms with Gasteiger partial charge in [0.15, 0.2) is 4.34 Å². The molecule has 0 unspecified atom stereocenters. The van der Waals surface area contributed by atoms with Crippen molar-refractivity contribution in [2.75, 3.05) is 0 Å². The van der Waals surface area contributed by atoms with Crippen LogP contribution < -0.4 is 5.14 Å². The number of primary sulfonamides is 1. The fourth-order valence-corrected chi connectivity index (χ4v) is 5.05. The van der Waals surface area contributed by atoms with E-state index in [1.54, 1.807) is 6.07 Å². The van der Waals surface area contributed by atoms with Gasteiger partial charge in [0.2, 0.25) is 10.0 Å². The van der Waals surface area contributed by atoms with Gasteiger partial charge in [-0.15, -0.1) is 22.7 Å². The van der Waals surface area contributed by atoms with E-state index in [-0.39, 0.29) is 4.21 Å². The van der Waals surface area contributed by atoms with Gasteiger partial charge in [-0.1, -0.05) is 0 Å². The van der Waals surface area contributed by atoms with Crippen LogP contribution in [0, 0.1) is 6.92 Å². The molecule has 16 heavy (non-hydrogen) atoms. The second-order valence-electron chi connectivity index (χ2n) is 2.98. The quantitative estimate of drug-likeness (QED) is 0.942. The summed E-state index contributed by atoms with van der Waals surface area (Å²) in [6, 6.07) is 3.26. The molecule has 0 fully saturated rings. The Labute approximate surface area is 106 Å². The second-order valence-corrected chi connectivity index (χ2v) is 8.25. The van der Waals surface area contributed by atoms with Crippen molar-refractivity contribution in [3.63, 3.8) is 0 Å². The fourth-order valence-electron chi connectivity index (χ4n) is 0.976. The summed E-state index contributed by atoms with van der Waals surface area (Å²) in [5, 5.41) is 6.98. The van der Waals surface area contributed by atoms with Crippen molar-refractivity contribution in [3.8, 4) is 0 Å². The van der Waals surface area contributed by atoms with Crippen molar-refractivity contribution >= 4 is 44.5 Å². The molecule has 0 saturated carbocycles. The van der Waals surface area contributed by atoms with Gasteiger partial charge in [0.25, 0.3) is 0 Å². The Morgan fingerprint density at radius 3 is 2.69 bits per heavy atom. The van der Waals surface area contributed by atoms with Crippen LogP contribution in [0.4, 0.5) is 0 Å². The third-order valence-corrected chi connectivity index (χ3v) is 6.34. The Kier molecular flexibility index (Phi) is 3.36. The minimum atomic E-state index is -3.58. The zero-order chi connectivity index (χ0) is 11.8. The Balaban J connectivity index is 2.21. The summed E-state index contributed by atoms with van der Waals surface area (Å²) in [6.45, 7) is 1.92. The molecule has 2 aromatic rings. The van der Waals surface area contributed by atoms with Crippen molar-refractivity contribution in [2.24, 2.45) is 5.14 Å². The van der Waals surface area contributed by atoms with Crippen LogP contribution in [0.25, 0.3) is 0 Å². The van der Waals surface area contributed by atoms with E-state index in [9.17, 15) is 8.42 Å². The number of hydrogen-bond acceptors (Lipinski definition) is 6. The molecule has 0 radical (unpaired) electrons. The number of nitrogens with two attached hydrogens (primary N) is 1. The van der Waals surface area contributed by atoms with E-state index in [4.69, 9.17) is 5.14 Å². The van der Waals surface area contributed by atoms with Crippen LogP contribution in [0.3, 0.4) is 0 Å². The Morgan fingerprint density at radius 1 is 1.44 bits per heavy atom. The summed E-state index contributed by atoms with van der Waals surface area (Å²) < 4.78 is 24.1. The SMILES string of the molecule is Cc1csc(Sc2ccc(S(N)(=O)=O)s2)n1. The molecule has 8 heteroatoms. The standard InChI is InChI=1S/C8H8N2O2S4/c1-5-4-13-8(10-5)15-6-2-3-7(14-6)16(9,11)12/h2-4H,1H3,(H2,9,11,12). The number of thiazole rings is 1. The lowest BCUT2D eigenvalue weighted by Gasteiger charge is -1.91. The molecule has 2 heterocycles. The molecule has 0 bridgehead atoms. The van der Waals surface area contributed by atoms with E-state index in [2.05, 4.69) is 4.98 Å². The summed E-state index contributed by atoms with van der Waals surface area (Å²) in [5.74, 6) is 0. The third-order valence-electron chi connectivity index (χ3n) is 1.62. The van der Waals surface area contributed by atoms with Crippen molar-refractivity contribution in [1.82, 2.24) is 4.98 Å². The molecule has 0 aliphatic rings. The van der Waals surface area contributed by atoms with E-state index in [1.165, 1.54) is 29.2 Å². The lowest BCUT2D eigenvalue weighted by molar-refractivity contribution is 0.600. The van der Waals surface area contributed by atoms with Crippen molar-refractivity contribution in [2.45, 2.75) is 19.7 Å². The Bertz CT molecular complexity index is 599. The highest BCUT2D eigenvalue weighted by molar-refractivity contribution is 8.03. The van der Waals surface area contributed by atoms with E-state index >= 15 is 0 Å². The van der Waals surface area contributed by atoms with Crippen molar-refractivity contribution < 1.29 is 8.42 Å². The molecule has 0 atom stereocenters. The molecular weight excluding hydrogens is 284 g/mol. The third kappa shape index (κ3) is 2.83. The molecule has 2 aromatic heterocycles. The first kappa shape index (κ1) is 12.1. The second kappa shape index (κ2) is 4.46. The average molecular weight is 292 g/mol. The molecule has 0 aliphatic carbocycles. The number of nitrogens with zero attached hydrogens (tertiary/aromatic N) is 1. The lowest BCUT2D eigenvalue weighted by atomic mass is 10.6. The van der Waals surface area contributed by atoms with Gasteiger partial charge in [0.05, 0.1) is 4.21 Å². The summed E-state index contributed by atoms with van der Waals surface area (Å²) in [7, 11) is -3.58. The molecule has 0 aromatic carbocycles. The fraction of sp³-hybridized carbons (Fsp3) is 0.125. The smallest absolute Gasteiger partial charge is 0.235 e. The van der Waals surface area contributed by atoms with E-state index in [0.717, 1.165) is 25.6 Å². The van der Waals surface area contributed by atoms with Crippen LogP contribution >= 0.6 is 34.4 Å². The topological polar surface area (TPSA) is 73.1 Å². The molecule has 86 valence electrons. The zero-order valence-electron chi connectivity index (χ0n) is 8.21. The Hall–Kier alpha value is -0.410. The highest BCUT2D eigenvalue weighted by Gasteiger charge is 2.12. The molecule has 0 spiro atoms. The van der Waals surface area contributed by atoms with E-state index in [1.807, 2.05) is 12.3 Å². The van der Waals surface area contributed by atoms with Gasteiger partial charge in [0.1, 0.15) is 4.21 Å². The number of hydrogen-bond donors (Lipinski definition) is 1. The zero-order valence-corrected chi connectivity index (χ0v) is 11.5. The lowest BCUT2D eigenvalue weighted by Crippen LogP contribution is -2.09. The van der Waals surface area contributed by atoms with Gasteiger partial charge < -0.3 is 0 Å². The highest BCUT2D eigenvalue weighted by atomic mass is 32.3. The maximum absolute atomic E-state index is 11.1. The maximum Gasteiger partial charge on any atom is 0.247 e. The number of rotatable bonds is 3. The minimum Gasteiger partial charge on any atom is -0.235 e. The van der Waals surface area contributed by atoms with Crippen LogP contribution in [-0.2, 0) is 10.0 Å². The molecular formula is C8H8N2O2S4. The number of aromatic nitrogens is 1. The van der Waals surface area contributed by atoms with Gasteiger partial charge in [-0.05, 0) is 30.8 Å². The summed E-state index contributed by atoms with van der Waals surface area (Å²) >= 11 is 4.15. The monoisotopic (exact) mass is 292 g/mol. The van der Waals surface area contributed by atoms with E-state index in [0.29, 0.717) is 0 Å².